The Hall–Kier alpha value is -0.910. The fraction of sp³-hybridized carbons (Fsp3) is 0.625. The maximum atomic E-state index is 12.8. The normalized spacial score (nSPS) is 23.8. The van der Waals surface area contributed by atoms with Crippen LogP contribution in [0.5, 0.6) is 0 Å². The number of nitrogens with zero attached hydrogens (tertiary/aromatic N) is 1. The highest BCUT2D eigenvalue weighted by atomic mass is 32.2. The van der Waals surface area contributed by atoms with Gasteiger partial charge in [0, 0.05) is 26.2 Å². The monoisotopic (exact) mass is 308 g/mol. The lowest BCUT2D eigenvalue weighted by Gasteiger charge is -2.20. The van der Waals surface area contributed by atoms with Gasteiger partial charge in [-0.2, -0.15) is 4.31 Å². The van der Waals surface area contributed by atoms with E-state index in [9.17, 15) is 8.42 Å². The zero-order valence-electron chi connectivity index (χ0n) is 12.6. The lowest BCUT2D eigenvalue weighted by atomic mass is 9.98. The molecule has 3 rings (SSSR count). The smallest absolute Gasteiger partial charge is 0.243 e. The third-order valence-electron chi connectivity index (χ3n) is 4.83. The lowest BCUT2D eigenvalue weighted by Crippen LogP contribution is -2.32. The van der Waals surface area contributed by atoms with Crippen LogP contribution in [0.4, 0.5) is 0 Å². The molecule has 1 atom stereocenters. The van der Waals surface area contributed by atoms with Crippen molar-refractivity contribution in [2.24, 2.45) is 5.92 Å². The maximum Gasteiger partial charge on any atom is 0.243 e. The molecule has 2 aliphatic heterocycles. The van der Waals surface area contributed by atoms with E-state index in [-0.39, 0.29) is 0 Å². The molecular weight excluding hydrogens is 284 g/mol. The first-order valence-electron chi connectivity index (χ1n) is 7.94. The van der Waals surface area contributed by atoms with Crippen LogP contribution in [0, 0.1) is 5.92 Å². The molecule has 2 aliphatic rings. The number of rotatable bonds is 3. The average molecular weight is 308 g/mol. The molecule has 5 heteroatoms. The molecule has 0 radical (unpaired) electrons. The number of hydrogen-bond acceptors (Lipinski definition) is 3. The molecule has 1 aromatic carbocycles. The molecule has 1 fully saturated rings. The van der Waals surface area contributed by atoms with E-state index < -0.39 is 10.0 Å². The third-order valence-corrected chi connectivity index (χ3v) is 6.73. The first kappa shape index (κ1) is 15.0. The number of benzene rings is 1. The molecule has 116 valence electrons. The van der Waals surface area contributed by atoms with Gasteiger partial charge < -0.3 is 5.32 Å². The van der Waals surface area contributed by atoms with Gasteiger partial charge in [0.15, 0.2) is 0 Å². The van der Waals surface area contributed by atoms with Crippen molar-refractivity contribution in [2.45, 2.75) is 50.6 Å². The number of fused-ring (bicyclic) bond motifs is 1. The average Bonchev–Trinajstić information content (AvgIpc) is 2.81. The van der Waals surface area contributed by atoms with Gasteiger partial charge >= 0.3 is 0 Å². The molecule has 1 aromatic rings. The first-order chi connectivity index (χ1) is 10.1. The predicted octanol–water partition coefficient (Wildman–Crippen LogP) is 2.49. The van der Waals surface area contributed by atoms with Crippen LogP contribution in [0.3, 0.4) is 0 Å². The topological polar surface area (TPSA) is 49.4 Å². The molecule has 21 heavy (non-hydrogen) atoms. The summed E-state index contributed by atoms with van der Waals surface area (Å²) in [4.78, 5) is 0.458. The Labute approximate surface area is 127 Å². The summed E-state index contributed by atoms with van der Waals surface area (Å²) in [5.41, 5.74) is 2.34. The maximum absolute atomic E-state index is 12.8. The van der Waals surface area contributed by atoms with Gasteiger partial charge in [-0.1, -0.05) is 19.4 Å². The quantitative estimate of drug-likeness (QED) is 0.933. The molecule has 1 N–H and O–H groups in total. The number of sulfonamides is 1. The molecule has 0 amide bonds. The molecule has 2 heterocycles. The van der Waals surface area contributed by atoms with Crippen LogP contribution in [0.25, 0.3) is 0 Å². The van der Waals surface area contributed by atoms with Gasteiger partial charge in [0.05, 0.1) is 4.90 Å². The second-order valence-electron chi connectivity index (χ2n) is 6.14. The highest BCUT2D eigenvalue weighted by Gasteiger charge is 2.28. The molecule has 0 aliphatic carbocycles. The van der Waals surface area contributed by atoms with Gasteiger partial charge in [0.2, 0.25) is 10.0 Å². The van der Waals surface area contributed by atoms with E-state index in [2.05, 4.69) is 12.2 Å². The molecule has 0 saturated carbocycles. The number of nitrogens with one attached hydrogen (secondary N) is 1. The first-order valence-corrected chi connectivity index (χ1v) is 9.38. The van der Waals surface area contributed by atoms with E-state index in [0.29, 0.717) is 23.9 Å². The third kappa shape index (κ3) is 3.00. The Bertz CT molecular complexity index is 613. The van der Waals surface area contributed by atoms with Crippen molar-refractivity contribution in [3.63, 3.8) is 0 Å². The summed E-state index contributed by atoms with van der Waals surface area (Å²) in [5.74, 6) is 0.675. The fourth-order valence-corrected chi connectivity index (χ4v) is 4.91. The van der Waals surface area contributed by atoms with Crippen LogP contribution in [-0.4, -0.2) is 25.8 Å². The van der Waals surface area contributed by atoms with E-state index in [4.69, 9.17) is 0 Å². The van der Waals surface area contributed by atoms with Gasteiger partial charge in [0.1, 0.15) is 0 Å². The van der Waals surface area contributed by atoms with E-state index >= 15 is 0 Å². The fourth-order valence-electron chi connectivity index (χ4n) is 3.37. The highest BCUT2D eigenvalue weighted by molar-refractivity contribution is 7.89. The van der Waals surface area contributed by atoms with Crippen LogP contribution in [0.15, 0.2) is 23.1 Å². The molecule has 1 unspecified atom stereocenters. The minimum Gasteiger partial charge on any atom is -0.309 e. The van der Waals surface area contributed by atoms with Crippen molar-refractivity contribution < 1.29 is 8.42 Å². The van der Waals surface area contributed by atoms with E-state index in [1.165, 1.54) is 5.56 Å². The van der Waals surface area contributed by atoms with Gasteiger partial charge in [-0.25, -0.2) is 8.42 Å². The Morgan fingerprint density at radius 1 is 1.19 bits per heavy atom. The van der Waals surface area contributed by atoms with Gasteiger partial charge in [-0.3, -0.25) is 0 Å². The van der Waals surface area contributed by atoms with Crippen molar-refractivity contribution in [3.05, 3.63) is 29.3 Å². The Kier molecular flexibility index (Phi) is 4.33. The summed E-state index contributed by atoms with van der Waals surface area (Å²) in [6.07, 6.45) is 4.27. The predicted molar refractivity (Wildman–Crippen MR) is 83.4 cm³/mol. The molecule has 4 nitrogen and oxygen atoms in total. The zero-order chi connectivity index (χ0) is 14.9. The van der Waals surface area contributed by atoms with E-state index in [0.717, 1.165) is 44.3 Å². The van der Waals surface area contributed by atoms with E-state index in [1.807, 2.05) is 12.1 Å². The Balaban J connectivity index is 1.83. The second kappa shape index (κ2) is 6.07. The van der Waals surface area contributed by atoms with Crippen LogP contribution < -0.4 is 5.32 Å². The molecular formula is C16H24N2O2S. The largest absolute Gasteiger partial charge is 0.309 e. The van der Waals surface area contributed by atoms with Crippen molar-refractivity contribution in [1.29, 1.82) is 0 Å². The summed E-state index contributed by atoms with van der Waals surface area (Å²) in [7, 11) is -3.33. The minimum absolute atomic E-state index is 0.458. The second-order valence-corrected chi connectivity index (χ2v) is 8.08. The summed E-state index contributed by atoms with van der Waals surface area (Å²) in [5, 5.41) is 3.26. The SMILES string of the molecule is CCC1CCCN(S(=O)(=O)c2ccc3c(c2)CNC3)CC1. The van der Waals surface area contributed by atoms with Crippen LogP contribution in [0.2, 0.25) is 0 Å². The highest BCUT2D eigenvalue weighted by Crippen LogP contribution is 2.26. The molecule has 0 aromatic heterocycles. The molecule has 0 spiro atoms. The summed E-state index contributed by atoms with van der Waals surface area (Å²) < 4.78 is 27.4. The van der Waals surface area contributed by atoms with E-state index in [1.54, 1.807) is 10.4 Å². The Morgan fingerprint density at radius 2 is 2.00 bits per heavy atom. The standard InChI is InChI=1S/C16H24N2O2S/c1-2-13-4-3-8-18(9-7-13)21(19,20)16-6-5-14-11-17-12-15(14)10-16/h5-6,10,13,17H,2-4,7-9,11-12H2,1H3. The minimum atomic E-state index is -3.33. The van der Waals surface area contributed by atoms with Crippen LogP contribution >= 0.6 is 0 Å². The Morgan fingerprint density at radius 3 is 2.81 bits per heavy atom. The molecule has 0 bridgehead atoms. The van der Waals surface area contributed by atoms with Gasteiger partial charge in [-0.05, 0) is 48.4 Å². The number of hydrogen-bond donors (Lipinski definition) is 1. The summed E-state index contributed by atoms with van der Waals surface area (Å²) in [6, 6.07) is 5.57. The van der Waals surface area contributed by atoms with Crippen molar-refractivity contribution in [2.75, 3.05) is 13.1 Å². The van der Waals surface area contributed by atoms with Crippen molar-refractivity contribution >= 4 is 10.0 Å². The lowest BCUT2D eigenvalue weighted by molar-refractivity contribution is 0.407. The zero-order valence-corrected chi connectivity index (χ0v) is 13.5. The van der Waals surface area contributed by atoms with Gasteiger partial charge in [-0.15, -0.1) is 0 Å². The summed E-state index contributed by atoms with van der Waals surface area (Å²) >= 11 is 0. The van der Waals surface area contributed by atoms with Crippen LogP contribution in [0.1, 0.15) is 43.7 Å². The van der Waals surface area contributed by atoms with Crippen LogP contribution in [-0.2, 0) is 23.1 Å². The summed E-state index contributed by atoms with van der Waals surface area (Å²) in [6.45, 7) is 5.14. The van der Waals surface area contributed by atoms with Gasteiger partial charge in [0.25, 0.3) is 0 Å². The molecule has 1 saturated heterocycles. The van der Waals surface area contributed by atoms with Crippen molar-refractivity contribution in [3.8, 4) is 0 Å². The van der Waals surface area contributed by atoms with Crippen molar-refractivity contribution in [1.82, 2.24) is 9.62 Å².